The second-order valence-corrected chi connectivity index (χ2v) is 9.22. The molecule has 2 amide bonds. The standard InChI is InChI=1S/C19H14I2N2O5S/c1-2-28-17-13(20)7-11(8-14(17)21)9-16-18(24)22(19(25)29-16)10-12-5-3-4-6-15(12)23(26)27/h3-9H,2,10H2,1H3/b16-9-. The second-order valence-electron chi connectivity index (χ2n) is 5.90. The van der Waals surface area contributed by atoms with Gasteiger partial charge in [-0.2, -0.15) is 0 Å². The Labute approximate surface area is 198 Å². The molecule has 2 aromatic rings. The Kier molecular flexibility index (Phi) is 7.16. The Balaban J connectivity index is 1.87. The number of halogens is 2. The van der Waals surface area contributed by atoms with E-state index in [0.29, 0.717) is 12.2 Å². The number of rotatable bonds is 6. The lowest BCUT2D eigenvalue weighted by Gasteiger charge is -2.12. The van der Waals surface area contributed by atoms with Crippen molar-refractivity contribution in [2.45, 2.75) is 13.5 Å². The van der Waals surface area contributed by atoms with Crippen molar-refractivity contribution in [3.05, 3.63) is 69.7 Å². The Morgan fingerprint density at radius 1 is 1.21 bits per heavy atom. The van der Waals surface area contributed by atoms with Crippen LogP contribution in [-0.2, 0) is 11.3 Å². The molecule has 150 valence electrons. The molecule has 0 aliphatic carbocycles. The lowest BCUT2D eigenvalue weighted by molar-refractivity contribution is -0.385. The highest BCUT2D eigenvalue weighted by atomic mass is 127. The predicted molar refractivity (Wildman–Crippen MR) is 128 cm³/mol. The fourth-order valence-electron chi connectivity index (χ4n) is 2.73. The molecule has 0 radical (unpaired) electrons. The van der Waals surface area contributed by atoms with Crippen LogP contribution < -0.4 is 4.74 Å². The van der Waals surface area contributed by atoms with E-state index in [-0.39, 0.29) is 17.1 Å². The summed E-state index contributed by atoms with van der Waals surface area (Å²) >= 11 is 5.16. The molecular formula is C19H14I2N2O5S. The minimum absolute atomic E-state index is 0.119. The summed E-state index contributed by atoms with van der Waals surface area (Å²) in [6.07, 6.45) is 1.66. The van der Waals surface area contributed by atoms with E-state index in [1.165, 1.54) is 6.07 Å². The fraction of sp³-hybridized carbons (Fsp3) is 0.158. The molecule has 1 aliphatic heterocycles. The van der Waals surface area contributed by atoms with Gasteiger partial charge < -0.3 is 4.74 Å². The summed E-state index contributed by atoms with van der Waals surface area (Å²) in [5.41, 5.74) is 0.968. The van der Waals surface area contributed by atoms with Crippen LogP contribution in [0.2, 0.25) is 0 Å². The van der Waals surface area contributed by atoms with Crippen molar-refractivity contribution in [1.29, 1.82) is 0 Å². The first-order chi connectivity index (χ1) is 13.8. The Hall–Kier alpha value is -1.67. The summed E-state index contributed by atoms with van der Waals surface area (Å²) in [5.74, 6) is 0.326. The third-order valence-corrected chi connectivity index (χ3v) is 6.51. The SMILES string of the molecule is CCOc1c(I)cc(/C=C2\SC(=O)N(Cc3ccccc3[N+](=O)[O-])C2=O)cc1I. The van der Waals surface area contributed by atoms with Gasteiger partial charge in [-0.15, -0.1) is 0 Å². The van der Waals surface area contributed by atoms with Crippen molar-refractivity contribution in [2.75, 3.05) is 6.61 Å². The highest BCUT2D eigenvalue weighted by Crippen LogP contribution is 2.36. The molecular weight excluding hydrogens is 622 g/mol. The molecule has 0 bridgehead atoms. The van der Waals surface area contributed by atoms with Crippen LogP contribution >= 0.6 is 56.9 Å². The quantitative estimate of drug-likeness (QED) is 0.182. The molecule has 3 rings (SSSR count). The van der Waals surface area contributed by atoms with Crippen LogP contribution in [0.15, 0.2) is 41.3 Å². The number of hydrogen-bond donors (Lipinski definition) is 0. The largest absolute Gasteiger partial charge is 0.492 e. The van der Waals surface area contributed by atoms with Gasteiger partial charge in [0.2, 0.25) is 0 Å². The van der Waals surface area contributed by atoms with Gasteiger partial charge in [-0.25, -0.2) is 0 Å². The number of para-hydroxylation sites is 1. The molecule has 10 heteroatoms. The monoisotopic (exact) mass is 636 g/mol. The predicted octanol–water partition coefficient (Wildman–Crippen LogP) is 5.44. The first-order valence-corrected chi connectivity index (χ1v) is 11.4. The third kappa shape index (κ3) is 4.91. The van der Waals surface area contributed by atoms with Crippen LogP contribution in [0.5, 0.6) is 5.75 Å². The van der Waals surface area contributed by atoms with E-state index >= 15 is 0 Å². The van der Waals surface area contributed by atoms with Gasteiger partial charge in [0.25, 0.3) is 16.8 Å². The maximum absolute atomic E-state index is 12.8. The van der Waals surface area contributed by atoms with Crippen LogP contribution in [0.4, 0.5) is 10.5 Å². The summed E-state index contributed by atoms with van der Waals surface area (Å²) in [6.45, 7) is 2.32. The van der Waals surface area contributed by atoms with Gasteiger partial charge in [0.15, 0.2) is 0 Å². The topological polar surface area (TPSA) is 89.8 Å². The minimum atomic E-state index is -0.520. The van der Waals surface area contributed by atoms with E-state index in [0.717, 1.165) is 35.1 Å². The number of thioether (sulfide) groups is 1. The lowest BCUT2D eigenvalue weighted by Crippen LogP contribution is -2.27. The number of nitro benzene ring substituents is 1. The van der Waals surface area contributed by atoms with Gasteiger partial charge in [0, 0.05) is 11.6 Å². The van der Waals surface area contributed by atoms with E-state index in [2.05, 4.69) is 45.2 Å². The Morgan fingerprint density at radius 3 is 2.48 bits per heavy atom. The molecule has 1 aliphatic rings. The van der Waals surface area contributed by atoms with E-state index in [1.807, 2.05) is 19.1 Å². The maximum Gasteiger partial charge on any atom is 0.293 e. The molecule has 0 spiro atoms. The number of carbonyl (C=O) groups excluding carboxylic acids is 2. The highest BCUT2D eigenvalue weighted by Gasteiger charge is 2.36. The van der Waals surface area contributed by atoms with Crippen molar-refractivity contribution in [3.8, 4) is 5.75 Å². The van der Waals surface area contributed by atoms with Crippen molar-refractivity contribution >= 4 is 79.9 Å². The molecule has 2 aromatic carbocycles. The van der Waals surface area contributed by atoms with Crippen LogP contribution in [0, 0.1) is 17.3 Å². The first-order valence-electron chi connectivity index (χ1n) is 8.41. The number of nitrogens with zero attached hydrogens (tertiary/aromatic N) is 2. The van der Waals surface area contributed by atoms with Gasteiger partial charge in [0.05, 0.1) is 30.1 Å². The van der Waals surface area contributed by atoms with Gasteiger partial charge >= 0.3 is 0 Å². The molecule has 0 saturated carbocycles. The average molecular weight is 636 g/mol. The van der Waals surface area contributed by atoms with Crippen LogP contribution in [-0.4, -0.2) is 27.6 Å². The smallest absolute Gasteiger partial charge is 0.293 e. The van der Waals surface area contributed by atoms with Gasteiger partial charge in [-0.05, 0) is 87.6 Å². The fourth-order valence-corrected chi connectivity index (χ4v) is 5.69. The van der Waals surface area contributed by atoms with Crippen molar-refractivity contribution < 1.29 is 19.2 Å². The molecule has 7 nitrogen and oxygen atoms in total. The van der Waals surface area contributed by atoms with Crippen LogP contribution in [0.25, 0.3) is 6.08 Å². The average Bonchev–Trinajstić information content (AvgIpc) is 2.92. The summed E-state index contributed by atoms with van der Waals surface area (Å²) in [5, 5.41) is 10.7. The third-order valence-electron chi connectivity index (χ3n) is 4.00. The lowest BCUT2D eigenvalue weighted by atomic mass is 10.1. The number of carbonyl (C=O) groups is 2. The molecule has 1 saturated heterocycles. The van der Waals surface area contributed by atoms with Gasteiger partial charge in [-0.3, -0.25) is 24.6 Å². The minimum Gasteiger partial charge on any atom is -0.492 e. The summed E-state index contributed by atoms with van der Waals surface area (Å²) < 4.78 is 7.43. The number of nitro groups is 1. The first kappa shape index (κ1) is 22.0. The van der Waals surface area contributed by atoms with Crippen molar-refractivity contribution in [1.82, 2.24) is 4.90 Å². The zero-order valence-corrected chi connectivity index (χ0v) is 20.2. The van der Waals surface area contributed by atoms with E-state index in [4.69, 9.17) is 4.74 Å². The number of amides is 2. The number of imide groups is 1. The summed E-state index contributed by atoms with van der Waals surface area (Å²) in [4.78, 5) is 37.1. The zero-order chi connectivity index (χ0) is 21.1. The molecule has 29 heavy (non-hydrogen) atoms. The zero-order valence-electron chi connectivity index (χ0n) is 15.1. The Morgan fingerprint density at radius 2 is 1.86 bits per heavy atom. The van der Waals surface area contributed by atoms with E-state index in [9.17, 15) is 19.7 Å². The maximum atomic E-state index is 12.8. The van der Waals surface area contributed by atoms with Crippen LogP contribution in [0.3, 0.4) is 0 Å². The summed E-state index contributed by atoms with van der Waals surface area (Å²) in [6, 6.07) is 9.84. The number of hydrogen-bond acceptors (Lipinski definition) is 6. The molecule has 0 atom stereocenters. The number of benzene rings is 2. The van der Waals surface area contributed by atoms with Crippen molar-refractivity contribution in [3.63, 3.8) is 0 Å². The van der Waals surface area contributed by atoms with Gasteiger partial charge in [0.1, 0.15) is 5.75 Å². The van der Waals surface area contributed by atoms with Crippen LogP contribution in [0.1, 0.15) is 18.1 Å². The van der Waals surface area contributed by atoms with Crippen molar-refractivity contribution in [2.24, 2.45) is 0 Å². The van der Waals surface area contributed by atoms with E-state index in [1.54, 1.807) is 24.3 Å². The van der Waals surface area contributed by atoms with Gasteiger partial charge in [-0.1, -0.05) is 18.2 Å². The molecule has 1 fully saturated rings. The summed E-state index contributed by atoms with van der Waals surface area (Å²) in [7, 11) is 0. The molecule has 0 N–H and O–H groups in total. The van der Waals surface area contributed by atoms with E-state index < -0.39 is 16.1 Å². The highest BCUT2D eigenvalue weighted by molar-refractivity contribution is 14.1. The molecule has 0 aromatic heterocycles. The molecule has 1 heterocycles. The second kappa shape index (κ2) is 9.43. The Bertz CT molecular complexity index is 1020. The molecule has 0 unspecified atom stereocenters. The normalized spacial score (nSPS) is 15.3. The number of ether oxygens (including phenoxy) is 1.